The average molecular weight is 451 g/mol. The van der Waals surface area contributed by atoms with Gasteiger partial charge in [0.15, 0.2) is 0 Å². The molecule has 0 aliphatic heterocycles. The fourth-order valence-corrected chi connectivity index (χ4v) is 4.48. The third-order valence-corrected chi connectivity index (χ3v) is 6.09. The largest absolute Gasteiger partial charge is 0.435 e. The normalized spacial score (nSPS) is 14.2. The van der Waals surface area contributed by atoms with Gasteiger partial charge in [0.25, 0.3) is 5.91 Å². The average Bonchev–Trinajstić information content (AvgIpc) is 3.39. The number of alkyl halides is 2. The Hall–Kier alpha value is -1.94. The van der Waals surface area contributed by atoms with Crippen LogP contribution in [0.3, 0.4) is 0 Å². The van der Waals surface area contributed by atoms with Gasteiger partial charge in [0.1, 0.15) is 10.6 Å². The zero-order chi connectivity index (χ0) is 20.5. The summed E-state index contributed by atoms with van der Waals surface area (Å²) >= 11 is 12.1. The van der Waals surface area contributed by atoms with Crippen molar-refractivity contribution in [2.45, 2.75) is 30.4 Å². The number of carbonyl (C=O) groups is 1. The summed E-state index contributed by atoms with van der Waals surface area (Å²) in [6, 6.07) is 7.35. The Morgan fingerprint density at radius 2 is 1.75 bits per heavy atom. The summed E-state index contributed by atoms with van der Waals surface area (Å²) in [5.74, 6) is -0.760. The van der Waals surface area contributed by atoms with Crippen molar-refractivity contribution in [2.24, 2.45) is 0 Å². The molecule has 1 amide bonds. The van der Waals surface area contributed by atoms with Gasteiger partial charge in [-0.25, -0.2) is 13.1 Å². The zero-order valence-electron chi connectivity index (χ0n) is 14.1. The van der Waals surface area contributed by atoms with Crippen molar-refractivity contribution in [3.8, 4) is 5.75 Å². The molecule has 2 N–H and O–H groups in total. The maximum atomic E-state index is 12.5. The number of nitrogens with one attached hydrogen (secondary N) is 2. The Morgan fingerprint density at radius 1 is 1.11 bits per heavy atom. The van der Waals surface area contributed by atoms with Crippen LogP contribution in [0.1, 0.15) is 23.2 Å². The SMILES string of the molecule is O=C(Nc1ccc(OC(F)F)cc1)c1cc(S(=O)(=O)NC2CC2)c(Cl)cc1Cl. The van der Waals surface area contributed by atoms with E-state index in [9.17, 15) is 22.0 Å². The molecule has 0 heterocycles. The van der Waals surface area contributed by atoms with Crippen molar-refractivity contribution < 1.29 is 26.7 Å². The maximum absolute atomic E-state index is 12.5. The van der Waals surface area contributed by atoms with Gasteiger partial charge in [-0.3, -0.25) is 4.79 Å². The molecule has 11 heteroatoms. The summed E-state index contributed by atoms with van der Waals surface area (Å²) in [6.07, 6.45) is 1.48. The molecule has 0 spiro atoms. The Labute approximate surface area is 169 Å². The van der Waals surface area contributed by atoms with E-state index in [1.807, 2.05) is 0 Å². The first-order chi connectivity index (χ1) is 13.2. The number of halogens is 4. The molecule has 28 heavy (non-hydrogen) atoms. The van der Waals surface area contributed by atoms with Gasteiger partial charge in [-0.2, -0.15) is 8.78 Å². The summed E-state index contributed by atoms with van der Waals surface area (Å²) in [4.78, 5) is 12.3. The molecule has 0 radical (unpaired) electrons. The molecule has 2 aromatic carbocycles. The molecule has 1 saturated carbocycles. The molecule has 6 nitrogen and oxygen atoms in total. The van der Waals surface area contributed by atoms with Crippen LogP contribution in [0.4, 0.5) is 14.5 Å². The van der Waals surface area contributed by atoms with Gasteiger partial charge in [-0.05, 0) is 49.2 Å². The number of carbonyl (C=O) groups excluding carboxylic acids is 1. The molecule has 1 fully saturated rings. The van der Waals surface area contributed by atoms with E-state index in [0.29, 0.717) is 0 Å². The van der Waals surface area contributed by atoms with E-state index in [0.717, 1.165) is 18.9 Å². The van der Waals surface area contributed by atoms with Crippen molar-refractivity contribution in [3.05, 3.63) is 52.0 Å². The van der Waals surface area contributed by atoms with E-state index in [2.05, 4.69) is 14.8 Å². The molecular formula is C17H14Cl2F2N2O4S. The van der Waals surface area contributed by atoms with Crippen LogP contribution in [-0.4, -0.2) is 27.0 Å². The number of hydrogen-bond donors (Lipinski definition) is 2. The van der Waals surface area contributed by atoms with Crippen LogP contribution in [0.15, 0.2) is 41.3 Å². The number of ether oxygens (including phenoxy) is 1. The van der Waals surface area contributed by atoms with E-state index < -0.39 is 22.5 Å². The second-order valence-corrected chi connectivity index (χ2v) is 8.51. The molecule has 2 aromatic rings. The van der Waals surface area contributed by atoms with Gasteiger partial charge >= 0.3 is 6.61 Å². The number of benzene rings is 2. The van der Waals surface area contributed by atoms with Crippen LogP contribution in [0.5, 0.6) is 5.75 Å². The number of hydrogen-bond acceptors (Lipinski definition) is 4. The Bertz CT molecular complexity index is 997. The lowest BCUT2D eigenvalue weighted by Crippen LogP contribution is -2.26. The van der Waals surface area contributed by atoms with E-state index >= 15 is 0 Å². The monoisotopic (exact) mass is 450 g/mol. The number of amides is 1. The van der Waals surface area contributed by atoms with Crippen molar-refractivity contribution >= 4 is 44.8 Å². The molecule has 150 valence electrons. The third-order valence-electron chi connectivity index (χ3n) is 3.79. The van der Waals surface area contributed by atoms with Crippen molar-refractivity contribution in [2.75, 3.05) is 5.32 Å². The predicted octanol–water partition coefficient (Wildman–Crippen LogP) is 4.29. The number of anilines is 1. The molecule has 1 aliphatic rings. The summed E-state index contributed by atoms with van der Waals surface area (Å²) in [7, 11) is -3.90. The summed E-state index contributed by atoms with van der Waals surface area (Å²) in [5.41, 5.74) is 0.174. The highest BCUT2D eigenvalue weighted by Crippen LogP contribution is 2.31. The topological polar surface area (TPSA) is 84.5 Å². The molecular weight excluding hydrogens is 437 g/mol. The first-order valence-corrected chi connectivity index (χ1v) is 10.3. The molecule has 0 atom stereocenters. The standard InChI is InChI=1S/C17H14Cl2F2N2O4S/c18-13-8-14(19)15(28(25,26)23-10-1-2-10)7-12(13)16(24)22-9-3-5-11(6-4-9)27-17(20)21/h3-8,10,17,23H,1-2H2,(H,22,24). The highest BCUT2D eigenvalue weighted by Gasteiger charge is 2.30. The predicted molar refractivity (Wildman–Crippen MR) is 101 cm³/mol. The van der Waals surface area contributed by atoms with Crippen LogP contribution in [0, 0.1) is 0 Å². The minimum absolute atomic E-state index is 0.0366. The lowest BCUT2D eigenvalue weighted by Gasteiger charge is -2.12. The third kappa shape index (κ3) is 5.11. The minimum atomic E-state index is -3.90. The van der Waals surface area contributed by atoms with Gasteiger partial charge in [0.05, 0.1) is 15.6 Å². The van der Waals surface area contributed by atoms with Gasteiger partial charge in [-0.1, -0.05) is 23.2 Å². The smallest absolute Gasteiger partial charge is 0.387 e. The van der Waals surface area contributed by atoms with Gasteiger partial charge in [-0.15, -0.1) is 0 Å². The lowest BCUT2D eigenvalue weighted by molar-refractivity contribution is -0.0498. The Morgan fingerprint density at radius 3 is 2.32 bits per heavy atom. The van der Waals surface area contributed by atoms with Gasteiger partial charge in [0.2, 0.25) is 10.0 Å². The first kappa shape index (κ1) is 20.8. The number of sulfonamides is 1. The molecule has 0 unspecified atom stereocenters. The highest BCUT2D eigenvalue weighted by molar-refractivity contribution is 7.89. The summed E-state index contributed by atoms with van der Waals surface area (Å²) in [6.45, 7) is -2.96. The zero-order valence-corrected chi connectivity index (χ0v) is 16.4. The van der Waals surface area contributed by atoms with Gasteiger partial charge in [0, 0.05) is 11.7 Å². The highest BCUT2D eigenvalue weighted by atomic mass is 35.5. The molecule has 0 bridgehead atoms. The van der Waals surface area contributed by atoms with E-state index in [1.54, 1.807) is 0 Å². The van der Waals surface area contributed by atoms with Crippen LogP contribution >= 0.6 is 23.2 Å². The van der Waals surface area contributed by atoms with E-state index in [-0.39, 0.29) is 38.0 Å². The molecule has 0 saturated heterocycles. The van der Waals surface area contributed by atoms with E-state index in [4.69, 9.17) is 23.2 Å². The summed E-state index contributed by atoms with van der Waals surface area (Å²) in [5, 5.41) is 2.36. The lowest BCUT2D eigenvalue weighted by atomic mass is 10.2. The maximum Gasteiger partial charge on any atom is 0.387 e. The molecule has 1 aliphatic carbocycles. The fraction of sp³-hybridized carbons (Fsp3) is 0.235. The van der Waals surface area contributed by atoms with Crippen LogP contribution in [-0.2, 0) is 10.0 Å². The van der Waals surface area contributed by atoms with E-state index in [1.165, 1.54) is 30.3 Å². The van der Waals surface area contributed by atoms with Crippen molar-refractivity contribution in [1.29, 1.82) is 0 Å². The van der Waals surface area contributed by atoms with Crippen LogP contribution in [0.25, 0.3) is 0 Å². The summed E-state index contributed by atoms with van der Waals surface area (Å²) < 4.78 is 55.9. The molecule has 0 aromatic heterocycles. The molecule has 3 rings (SSSR count). The fourth-order valence-electron chi connectivity index (χ4n) is 2.31. The van der Waals surface area contributed by atoms with Crippen LogP contribution in [0.2, 0.25) is 10.0 Å². The van der Waals surface area contributed by atoms with Crippen molar-refractivity contribution in [3.63, 3.8) is 0 Å². The Kier molecular flexibility index (Phi) is 6.09. The minimum Gasteiger partial charge on any atom is -0.435 e. The second kappa shape index (κ2) is 8.20. The second-order valence-electron chi connectivity index (χ2n) is 6.02. The quantitative estimate of drug-likeness (QED) is 0.658. The van der Waals surface area contributed by atoms with Gasteiger partial charge < -0.3 is 10.1 Å². The van der Waals surface area contributed by atoms with Crippen molar-refractivity contribution in [1.82, 2.24) is 4.72 Å². The Balaban J connectivity index is 1.82. The van der Waals surface area contributed by atoms with Crippen LogP contribution < -0.4 is 14.8 Å². The number of rotatable bonds is 7. The first-order valence-electron chi connectivity index (χ1n) is 8.03.